The molecule has 1 amide bonds. The highest BCUT2D eigenvalue weighted by Crippen LogP contribution is 2.17. The zero-order valence-electron chi connectivity index (χ0n) is 8.12. The predicted molar refractivity (Wildman–Crippen MR) is 50.5 cm³/mol. The average Bonchev–Trinajstić information content (AvgIpc) is 2.11. The van der Waals surface area contributed by atoms with E-state index in [1.54, 1.807) is 14.1 Å². The van der Waals surface area contributed by atoms with Gasteiger partial charge in [0.25, 0.3) is 0 Å². The standard InChI is InChI=1S/C10H12FNO2/c1-12(2)10(14)6-7-3-4-8(11)9(13)5-7/h3-5,13H,6H2,1-2H3. The summed E-state index contributed by atoms with van der Waals surface area (Å²) in [6.45, 7) is 0. The molecule has 1 N–H and O–H groups in total. The summed E-state index contributed by atoms with van der Waals surface area (Å²) < 4.78 is 12.6. The molecule has 0 aliphatic heterocycles. The van der Waals surface area contributed by atoms with Crippen LogP contribution < -0.4 is 0 Å². The fourth-order valence-corrected chi connectivity index (χ4v) is 1.00. The van der Waals surface area contributed by atoms with Gasteiger partial charge in [0.05, 0.1) is 6.42 Å². The van der Waals surface area contributed by atoms with E-state index in [2.05, 4.69) is 0 Å². The topological polar surface area (TPSA) is 40.5 Å². The minimum atomic E-state index is -0.675. The van der Waals surface area contributed by atoms with Crippen LogP contribution in [0.2, 0.25) is 0 Å². The quantitative estimate of drug-likeness (QED) is 0.772. The Bertz CT molecular complexity index is 350. The highest BCUT2D eigenvalue weighted by Gasteiger charge is 2.07. The molecule has 4 heteroatoms. The van der Waals surface area contributed by atoms with Crippen molar-refractivity contribution in [3.63, 3.8) is 0 Å². The van der Waals surface area contributed by atoms with Crippen molar-refractivity contribution in [2.75, 3.05) is 14.1 Å². The van der Waals surface area contributed by atoms with Crippen LogP contribution in [0.1, 0.15) is 5.56 Å². The Morgan fingerprint density at radius 2 is 2.14 bits per heavy atom. The van der Waals surface area contributed by atoms with Crippen molar-refractivity contribution >= 4 is 5.91 Å². The number of aromatic hydroxyl groups is 1. The number of rotatable bonds is 2. The molecular weight excluding hydrogens is 185 g/mol. The smallest absolute Gasteiger partial charge is 0.226 e. The molecule has 0 aliphatic carbocycles. The summed E-state index contributed by atoms with van der Waals surface area (Å²) in [4.78, 5) is 12.7. The van der Waals surface area contributed by atoms with Gasteiger partial charge >= 0.3 is 0 Å². The summed E-state index contributed by atoms with van der Waals surface area (Å²) in [6, 6.07) is 3.89. The maximum absolute atomic E-state index is 12.6. The minimum absolute atomic E-state index is 0.0870. The zero-order valence-corrected chi connectivity index (χ0v) is 8.12. The molecule has 0 unspecified atom stereocenters. The second-order valence-corrected chi connectivity index (χ2v) is 3.25. The van der Waals surface area contributed by atoms with E-state index < -0.39 is 11.6 Å². The summed E-state index contributed by atoms with van der Waals surface area (Å²) in [5.74, 6) is -1.18. The number of carbonyl (C=O) groups is 1. The van der Waals surface area contributed by atoms with Crippen molar-refractivity contribution in [1.29, 1.82) is 0 Å². The number of phenolic OH excluding ortho intramolecular Hbond substituents is 1. The van der Waals surface area contributed by atoms with Gasteiger partial charge in [-0.25, -0.2) is 4.39 Å². The first-order valence-electron chi connectivity index (χ1n) is 4.18. The minimum Gasteiger partial charge on any atom is -0.505 e. The molecule has 14 heavy (non-hydrogen) atoms. The Kier molecular flexibility index (Phi) is 3.06. The summed E-state index contributed by atoms with van der Waals surface area (Å²) in [5.41, 5.74) is 0.600. The van der Waals surface area contributed by atoms with E-state index in [1.165, 1.54) is 17.0 Å². The van der Waals surface area contributed by atoms with Gasteiger partial charge in [0.2, 0.25) is 5.91 Å². The third kappa shape index (κ3) is 2.45. The number of nitrogens with zero attached hydrogens (tertiary/aromatic N) is 1. The van der Waals surface area contributed by atoms with Crippen molar-refractivity contribution in [2.45, 2.75) is 6.42 Å². The molecule has 0 aromatic heterocycles. The monoisotopic (exact) mass is 197 g/mol. The van der Waals surface area contributed by atoms with Crippen molar-refractivity contribution < 1.29 is 14.3 Å². The molecule has 0 aliphatic rings. The van der Waals surface area contributed by atoms with Gasteiger partial charge in [-0.05, 0) is 17.7 Å². The number of halogens is 1. The molecule has 0 heterocycles. The molecule has 0 atom stereocenters. The van der Waals surface area contributed by atoms with Gasteiger partial charge in [-0.1, -0.05) is 6.07 Å². The zero-order chi connectivity index (χ0) is 10.7. The van der Waals surface area contributed by atoms with Crippen molar-refractivity contribution in [2.24, 2.45) is 0 Å². The lowest BCUT2D eigenvalue weighted by Crippen LogP contribution is -2.23. The number of benzene rings is 1. The van der Waals surface area contributed by atoms with Crippen molar-refractivity contribution in [1.82, 2.24) is 4.90 Å². The van der Waals surface area contributed by atoms with Crippen LogP contribution in [0.5, 0.6) is 5.75 Å². The van der Waals surface area contributed by atoms with Crippen molar-refractivity contribution in [3.05, 3.63) is 29.6 Å². The van der Waals surface area contributed by atoms with E-state index in [1.807, 2.05) is 0 Å². The van der Waals surface area contributed by atoms with E-state index in [0.29, 0.717) is 5.56 Å². The molecule has 1 aromatic rings. The fraction of sp³-hybridized carbons (Fsp3) is 0.300. The van der Waals surface area contributed by atoms with E-state index in [4.69, 9.17) is 5.11 Å². The van der Waals surface area contributed by atoms with Crippen LogP contribution in [0.15, 0.2) is 18.2 Å². The maximum Gasteiger partial charge on any atom is 0.226 e. The first-order chi connectivity index (χ1) is 6.50. The third-order valence-corrected chi connectivity index (χ3v) is 1.86. The first-order valence-corrected chi connectivity index (χ1v) is 4.18. The van der Waals surface area contributed by atoms with Gasteiger partial charge in [-0.3, -0.25) is 4.79 Å². The number of amides is 1. The SMILES string of the molecule is CN(C)C(=O)Cc1ccc(F)c(O)c1. The van der Waals surface area contributed by atoms with Gasteiger partial charge in [0.15, 0.2) is 11.6 Å². The number of hydrogen-bond acceptors (Lipinski definition) is 2. The van der Waals surface area contributed by atoms with Gasteiger partial charge < -0.3 is 10.0 Å². The van der Waals surface area contributed by atoms with Crippen LogP contribution in [0.3, 0.4) is 0 Å². The molecule has 3 nitrogen and oxygen atoms in total. The van der Waals surface area contributed by atoms with E-state index in [-0.39, 0.29) is 12.3 Å². The van der Waals surface area contributed by atoms with Gasteiger partial charge in [-0.15, -0.1) is 0 Å². The van der Waals surface area contributed by atoms with E-state index >= 15 is 0 Å². The Morgan fingerprint density at radius 1 is 1.50 bits per heavy atom. The lowest BCUT2D eigenvalue weighted by Gasteiger charge is -2.10. The van der Waals surface area contributed by atoms with Crippen LogP contribution >= 0.6 is 0 Å². The number of hydrogen-bond donors (Lipinski definition) is 1. The van der Waals surface area contributed by atoms with Gasteiger partial charge in [-0.2, -0.15) is 0 Å². The lowest BCUT2D eigenvalue weighted by molar-refractivity contribution is -0.127. The second kappa shape index (κ2) is 4.09. The largest absolute Gasteiger partial charge is 0.505 e. The highest BCUT2D eigenvalue weighted by atomic mass is 19.1. The summed E-state index contributed by atoms with van der Waals surface area (Å²) in [7, 11) is 3.29. The number of phenols is 1. The summed E-state index contributed by atoms with van der Waals surface area (Å²) in [6.07, 6.45) is 0.167. The Hall–Kier alpha value is -1.58. The normalized spacial score (nSPS) is 9.93. The summed E-state index contributed by atoms with van der Waals surface area (Å²) >= 11 is 0. The fourth-order valence-electron chi connectivity index (χ4n) is 1.00. The molecule has 1 rings (SSSR count). The van der Waals surface area contributed by atoms with Crippen LogP contribution in [0.25, 0.3) is 0 Å². The van der Waals surface area contributed by atoms with Crippen LogP contribution in [0, 0.1) is 5.82 Å². The molecule has 0 saturated carbocycles. The first kappa shape index (κ1) is 10.5. The summed E-state index contributed by atoms with van der Waals surface area (Å²) in [5, 5.41) is 9.05. The van der Waals surface area contributed by atoms with Crippen LogP contribution in [0.4, 0.5) is 4.39 Å². The predicted octanol–water partition coefficient (Wildman–Crippen LogP) is 1.16. The molecule has 1 aromatic carbocycles. The molecule has 0 fully saturated rings. The third-order valence-electron chi connectivity index (χ3n) is 1.86. The van der Waals surface area contributed by atoms with Gasteiger partial charge in [0, 0.05) is 14.1 Å². The van der Waals surface area contributed by atoms with E-state index in [9.17, 15) is 9.18 Å². The van der Waals surface area contributed by atoms with Crippen molar-refractivity contribution in [3.8, 4) is 5.75 Å². The molecule has 0 spiro atoms. The highest BCUT2D eigenvalue weighted by molar-refractivity contribution is 5.78. The molecule has 0 bridgehead atoms. The molecule has 0 saturated heterocycles. The molecule has 76 valence electrons. The Morgan fingerprint density at radius 3 is 2.64 bits per heavy atom. The van der Waals surface area contributed by atoms with Gasteiger partial charge in [0.1, 0.15) is 0 Å². The van der Waals surface area contributed by atoms with Crippen LogP contribution in [-0.4, -0.2) is 30.0 Å². The Balaban J connectivity index is 2.78. The molecule has 0 radical (unpaired) electrons. The van der Waals surface area contributed by atoms with E-state index in [0.717, 1.165) is 6.07 Å². The second-order valence-electron chi connectivity index (χ2n) is 3.25. The average molecular weight is 197 g/mol. The number of likely N-dealkylation sites (N-methyl/N-ethyl adjacent to an activating group) is 1. The van der Waals surface area contributed by atoms with Crippen LogP contribution in [-0.2, 0) is 11.2 Å². The Labute approximate surface area is 81.8 Å². The lowest BCUT2D eigenvalue weighted by atomic mass is 10.1. The number of carbonyl (C=O) groups excluding carboxylic acids is 1. The maximum atomic E-state index is 12.6. The molecular formula is C10H12FNO2.